The smallest absolute Gasteiger partial charge is 0.289 e. The number of ether oxygens (including phenoxy) is 1. The molecule has 2 aromatic rings. The zero-order valence-electron chi connectivity index (χ0n) is 15.0. The molecule has 2 saturated heterocycles. The van der Waals surface area contributed by atoms with Crippen LogP contribution in [0.25, 0.3) is 11.0 Å². The van der Waals surface area contributed by atoms with E-state index in [1.54, 1.807) is 7.11 Å². The molecule has 2 fully saturated rings. The number of fused-ring (bicyclic) bond motifs is 1. The number of hydrogen-bond donors (Lipinski definition) is 0. The number of para-hydroxylation sites is 1. The summed E-state index contributed by atoms with van der Waals surface area (Å²) in [6.45, 7) is 7.75. The number of hydrogen-bond acceptors (Lipinski definition) is 4. The molecular formula is C20H26N2O3. The molecule has 1 aromatic heterocycles. The van der Waals surface area contributed by atoms with E-state index in [0.717, 1.165) is 56.7 Å². The molecule has 0 radical (unpaired) electrons. The maximum absolute atomic E-state index is 13.0. The number of likely N-dealkylation sites (tertiary alicyclic amines) is 2. The third-order valence-electron chi connectivity index (χ3n) is 6.01. The van der Waals surface area contributed by atoms with Gasteiger partial charge in [-0.15, -0.1) is 0 Å². The van der Waals surface area contributed by atoms with Crippen LogP contribution in [0.4, 0.5) is 0 Å². The first-order chi connectivity index (χ1) is 12.1. The highest BCUT2D eigenvalue weighted by atomic mass is 16.5. The Morgan fingerprint density at radius 3 is 2.96 bits per heavy atom. The van der Waals surface area contributed by atoms with Crippen molar-refractivity contribution in [2.45, 2.75) is 13.3 Å². The molecule has 2 aliphatic heterocycles. The highest BCUT2D eigenvalue weighted by Crippen LogP contribution is 2.44. The van der Waals surface area contributed by atoms with Gasteiger partial charge in [0.2, 0.25) is 0 Å². The average molecular weight is 342 g/mol. The minimum Gasteiger partial charge on any atom is -0.451 e. The summed E-state index contributed by atoms with van der Waals surface area (Å²) in [5.41, 5.74) is 0.934. The van der Waals surface area contributed by atoms with Crippen LogP contribution in [-0.4, -0.2) is 62.1 Å². The number of amides is 1. The van der Waals surface area contributed by atoms with Crippen LogP contribution >= 0.6 is 0 Å². The number of carbonyl (C=O) groups is 1. The number of furan rings is 1. The summed E-state index contributed by atoms with van der Waals surface area (Å²) in [5.74, 6) is 0.956. The Morgan fingerprint density at radius 1 is 1.36 bits per heavy atom. The van der Waals surface area contributed by atoms with Crippen molar-refractivity contribution in [3.63, 3.8) is 0 Å². The van der Waals surface area contributed by atoms with E-state index in [0.29, 0.717) is 11.7 Å². The molecule has 0 unspecified atom stereocenters. The second-order valence-electron chi connectivity index (χ2n) is 7.47. The topological polar surface area (TPSA) is 45.9 Å². The van der Waals surface area contributed by atoms with Gasteiger partial charge in [0.15, 0.2) is 5.76 Å². The Labute approximate surface area is 148 Å². The number of rotatable bonds is 4. The fourth-order valence-electron chi connectivity index (χ4n) is 4.59. The molecule has 1 amide bonds. The summed E-state index contributed by atoms with van der Waals surface area (Å²) in [6, 6.07) is 9.64. The Bertz CT molecular complexity index is 738. The van der Waals surface area contributed by atoms with E-state index in [4.69, 9.17) is 9.15 Å². The molecule has 4 rings (SSSR count). The quantitative estimate of drug-likeness (QED) is 0.857. The summed E-state index contributed by atoms with van der Waals surface area (Å²) in [6.07, 6.45) is 1.05. The third kappa shape index (κ3) is 2.85. The van der Waals surface area contributed by atoms with Crippen LogP contribution in [0, 0.1) is 11.3 Å². The lowest BCUT2D eigenvalue weighted by Crippen LogP contribution is -2.38. The lowest BCUT2D eigenvalue weighted by Gasteiger charge is -2.30. The molecule has 3 heterocycles. The molecule has 0 bridgehead atoms. The maximum Gasteiger partial charge on any atom is 0.289 e. The first kappa shape index (κ1) is 16.6. The molecule has 134 valence electrons. The van der Waals surface area contributed by atoms with Gasteiger partial charge < -0.3 is 19.0 Å². The fraction of sp³-hybridized carbons (Fsp3) is 0.550. The normalized spacial score (nSPS) is 27.0. The fourth-order valence-corrected chi connectivity index (χ4v) is 4.59. The van der Waals surface area contributed by atoms with Crippen molar-refractivity contribution in [2.75, 3.05) is 46.4 Å². The molecule has 5 heteroatoms. The molecule has 0 saturated carbocycles. The minimum atomic E-state index is 0.0131. The van der Waals surface area contributed by atoms with Gasteiger partial charge >= 0.3 is 0 Å². The van der Waals surface area contributed by atoms with E-state index >= 15 is 0 Å². The van der Waals surface area contributed by atoms with Crippen molar-refractivity contribution < 1.29 is 13.9 Å². The van der Waals surface area contributed by atoms with Crippen LogP contribution < -0.4 is 0 Å². The molecule has 0 aliphatic carbocycles. The SMILES string of the molecule is CCN1C[C@H](COC)[C@]2(CCN(C(=O)c3cc4ccccc4o3)C2)C1. The number of benzene rings is 1. The van der Waals surface area contributed by atoms with Crippen molar-refractivity contribution in [1.29, 1.82) is 0 Å². The van der Waals surface area contributed by atoms with Gasteiger partial charge in [-0.3, -0.25) is 4.79 Å². The van der Waals surface area contributed by atoms with Gasteiger partial charge in [-0.25, -0.2) is 0 Å². The summed E-state index contributed by atoms with van der Waals surface area (Å²) < 4.78 is 11.3. The van der Waals surface area contributed by atoms with E-state index in [2.05, 4.69) is 11.8 Å². The van der Waals surface area contributed by atoms with Crippen molar-refractivity contribution >= 4 is 16.9 Å². The van der Waals surface area contributed by atoms with Gasteiger partial charge in [-0.2, -0.15) is 0 Å². The molecular weight excluding hydrogens is 316 g/mol. The van der Waals surface area contributed by atoms with Gasteiger partial charge in [0.1, 0.15) is 5.58 Å². The maximum atomic E-state index is 13.0. The van der Waals surface area contributed by atoms with Gasteiger partial charge in [0.05, 0.1) is 6.61 Å². The molecule has 25 heavy (non-hydrogen) atoms. The van der Waals surface area contributed by atoms with Crippen molar-refractivity contribution in [1.82, 2.24) is 9.80 Å². The molecule has 1 spiro atoms. The van der Waals surface area contributed by atoms with Crippen LogP contribution in [0.3, 0.4) is 0 Å². The number of carbonyl (C=O) groups excluding carboxylic acids is 1. The van der Waals surface area contributed by atoms with Gasteiger partial charge in [0, 0.05) is 50.0 Å². The predicted octanol–water partition coefficient (Wildman–Crippen LogP) is 2.86. The van der Waals surface area contributed by atoms with E-state index in [9.17, 15) is 4.79 Å². The van der Waals surface area contributed by atoms with E-state index < -0.39 is 0 Å². The lowest BCUT2D eigenvalue weighted by atomic mass is 9.77. The third-order valence-corrected chi connectivity index (χ3v) is 6.01. The summed E-state index contributed by atoms with van der Waals surface area (Å²) in [4.78, 5) is 17.4. The molecule has 2 atom stereocenters. The first-order valence-electron chi connectivity index (χ1n) is 9.14. The largest absolute Gasteiger partial charge is 0.451 e. The second kappa shape index (κ2) is 6.46. The zero-order chi connectivity index (χ0) is 17.4. The first-order valence-corrected chi connectivity index (χ1v) is 9.14. The van der Waals surface area contributed by atoms with Crippen molar-refractivity contribution in [2.24, 2.45) is 11.3 Å². The molecule has 1 aromatic carbocycles. The zero-order valence-corrected chi connectivity index (χ0v) is 15.0. The number of methoxy groups -OCH3 is 1. The Balaban J connectivity index is 1.53. The Kier molecular flexibility index (Phi) is 4.29. The molecule has 5 nitrogen and oxygen atoms in total. The Morgan fingerprint density at radius 2 is 2.20 bits per heavy atom. The van der Waals surface area contributed by atoms with E-state index in [1.807, 2.05) is 35.2 Å². The van der Waals surface area contributed by atoms with Crippen LogP contribution in [0.15, 0.2) is 34.7 Å². The lowest BCUT2D eigenvalue weighted by molar-refractivity contribution is 0.0691. The van der Waals surface area contributed by atoms with Crippen LogP contribution in [0.1, 0.15) is 23.9 Å². The highest BCUT2D eigenvalue weighted by molar-refractivity contribution is 5.96. The molecule has 0 N–H and O–H groups in total. The van der Waals surface area contributed by atoms with Crippen LogP contribution in [0.5, 0.6) is 0 Å². The predicted molar refractivity (Wildman–Crippen MR) is 96.6 cm³/mol. The summed E-state index contributed by atoms with van der Waals surface area (Å²) >= 11 is 0. The molecule has 2 aliphatic rings. The second-order valence-corrected chi connectivity index (χ2v) is 7.47. The van der Waals surface area contributed by atoms with Crippen molar-refractivity contribution in [3.05, 3.63) is 36.1 Å². The number of nitrogens with zero attached hydrogens (tertiary/aromatic N) is 2. The monoisotopic (exact) mass is 342 g/mol. The van der Waals surface area contributed by atoms with Gasteiger partial charge in [0.25, 0.3) is 5.91 Å². The average Bonchev–Trinajstić information content (AvgIpc) is 3.33. The van der Waals surface area contributed by atoms with Crippen LogP contribution in [-0.2, 0) is 4.74 Å². The summed E-state index contributed by atoms with van der Waals surface area (Å²) in [7, 11) is 1.77. The standard InChI is InChI=1S/C20H26N2O3/c1-3-21-11-16(12-24-2)20(13-21)8-9-22(14-20)19(23)18-10-15-6-4-5-7-17(15)25-18/h4-7,10,16H,3,8-9,11-14H2,1-2H3/t16-,20-/m1/s1. The highest BCUT2D eigenvalue weighted by Gasteiger charge is 2.51. The minimum absolute atomic E-state index is 0.0131. The van der Waals surface area contributed by atoms with E-state index in [1.165, 1.54) is 0 Å². The van der Waals surface area contributed by atoms with E-state index in [-0.39, 0.29) is 11.3 Å². The van der Waals surface area contributed by atoms with Gasteiger partial charge in [-0.05, 0) is 25.1 Å². The summed E-state index contributed by atoms with van der Waals surface area (Å²) in [5, 5.41) is 0.982. The van der Waals surface area contributed by atoms with Crippen molar-refractivity contribution in [3.8, 4) is 0 Å². The van der Waals surface area contributed by atoms with Crippen LogP contribution in [0.2, 0.25) is 0 Å². The Hall–Kier alpha value is -1.85. The van der Waals surface area contributed by atoms with Gasteiger partial charge in [-0.1, -0.05) is 25.1 Å².